The molecule has 6 nitrogen and oxygen atoms in total. The molecule has 1 amide bonds. The summed E-state index contributed by atoms with van der Waals surface area (Å²) in [5, 5.41) is 0.751. The van der Waals surface area contributed by atoms with Crippen molar-refractivity contribution >= 4 is 35.1 Å². The van der Waals surface area contributed by atoms with Crippen LogP contribution in [0.25, 0.3) is 11.1 Å². The Morgan fingerprint density at radius 3 is 2.74 bits per heavy atom. The number of anilines is 1. The Bertz CT molecular complexity index is 975. The zero-order valence-corrected chi connectivity index (χ0v) is 16.6. The molecule has 0 saturated carbocycles. The number of aromatic nitrogens is 2. The quantitative estimate of drug-likeness (QED) is 0.851. The number of fused-ring (bicyclic) bond motifs is 1. The van der Waals surface area contributed by atoms with Gasteiger partial charge in [0.05, 0.1) is 15.7 Å². The van der Waals surface area contributed by atoms with Crippen LogP contribution in [-0.2, 0) is 0 Å². The molecule has 2 aliphatic heterocycles. The van der Waals surface area contributed by atoms with Crippen LogP contribution in [0.15, 0.2) is 30.0 Å². The Labute approximate surface area is 167 Å². The molecule has 27 heavy (non-hydrogen) atoms. The molecule has 8 heteroatoms. The Kier molecular flexibility index (Phi) is 4.48. The third-order valence-electron chi connectivity index (χ3n) is 5.05. The molecule has 1 atom stereocenters. The summed E-state index contributed by atoms with van der Waals surface area (Å²) in [6.45, 7) is 4.40. The van der Waals surface area contributed by atoms with E-state index in [1.54, 1.807) is 18.2 Å². The normalized spacial score (nSPS) is 18.7. The van der Waals surface area contributed by atoms with Crippen molar-refractivity contribution in [1.82, 2.24) is 14.9 Å². The number of nitrogens with zero attached hydrogens (tertiary/aromatic N) is 4. The summed E-state index contributed by atoms with van der Waals surface area (Å²) < 4.78 is 0. The van der Waals surface area contributed by atoms with Gasteiger partial charge >= 0.3 is 0 Å². The van der Waals surface area contributed by atoms with Gasteiger partial charge in [0.15, 0.2) is 0 Å². The number of aryl methyl sites for hydroxylation is 1. The molecule has 3 heterocycles. The SMILES string of the molecule is Cc1nc(N2CC3=CN(C)CC3C2)nc(C(N)=O)c1-c1cccc(Cl)c1Cl. The number of rotatable bonds is 3. The number of carbonyl (C=O) groups excluding carboxylic acids is 1. The first-order valence-corrected chi connectivity index (χ1v) is 9.39. The molecule has 0 spiro atoms. The summed E-state index contributed by atoms with van der Waals surface area (Å²) in [6, 6.07) is 5.24. The molecule has 0 bridgehead atoms. The molecule has 1 unspecified atom stereocenters. The zero-order valence-electron chi connectivity index (χ0n) is 15.0. The molecule has 1 aromatic carbocycles. The van der Waals surface area contributed by atoms with Gasteiger partial charge in [-0.1, -0.05) is 35.3 Å². The van der Waals surface area contributed by atoms with Crippen LogP contribution in [0.1, 0.15) is 16.2 Å². The predicted molar refractivity (Wildman–Crippen MR) is 107 cm³/mol. The largest absolute Gasteiger partial charge is 0.380 e. The van der Waals surface area contributed by atoms with E-state index in [2.05, 4.69) is 33.0 Å². The van der Waals surface area contributed by atoms with Gasteiger partial charge in [-0.05, 0) is 18.6 Å². The van der Waals surface area contributed by atoms with Crippen molar-refractivity contribution in [3.05, 3.63) is 51.4 Å². The van der Waals surface area contributed by atoms with Gasteiger partial charge in [0.1, 0.15) is 5.69 Å². The van der Waals surface area contributed by atoms with Crippen molar-refractivity contribution < 1.29 is 4.79 Å². The van der Waals surface area contributed by atoms with Crippen LogP contribution < -0.4 is 10.6 Å². The maximum absolute atomic E-state index is 12.2. The highest BCUT2D eigenvalue weighted by atomic mass is 35.5. The number of hydrogen-bond donors (Lipinski definition) is 1. The van der Waals surface area contributed by atoms with E-state index in [-0.39, 0.29) is 5.69 Å². The first-order valence-electron chi connectivity index (χ1n) is 8.63. The van der Waals surface area contributed by atoms with Gasteiger partial charge in [0.25, 0.3) is 5.91 Å². The average Bonchev–Trinajstić information content (AvgIpc) is 3.14. The van der Waals surface area contributed by atoms with Gasteiger partial charge in [-0.25, -0.2) is 9.97 Å². The Morgan fingerprint density at radius 2 is 2.04 bits per heavy atom. The molecule has 1 saturated heterocycles. The number of halogens is 2. The van der Waals surface area contributed by atoms with E-state index >= 15 is 0 Å². The van der Waals surface area contributed by atoms with E-state index in [0.717, 1.165) is 19.6 Å². The minimum atomic E-state index is -0.619. The lowest BCUT2D eigenvalue weighted by Crippen LogP contribution is -2.27. The second kappa shape index (κ2) is 6.69. The molecule has 2 N–H and O–H groups in total. The topological polar surface area (TPSA) is 75.3 Å². The highest BCUT2D eigenvalue weighted by molar-refractivity contribution is 6.43. The summed E-state index contributed by atoms with van der Waals surface area (Å²) in [5.41, 5.74) is 8.93. The van der Waals surface area contributed by atoms with E-state index in [0.29, 0.717) is 38.7 Å². The second-order valence-corrected chi connectivity index (χ2v) is 7.80. The van der Waals surface area contributed by atoms with Crippen LogP contribution >= 0.6 is 23.2 Å². The Balaban J connectivity index is 1.79. The van der Waals surface area contributed by atoms with Crippen molar-refractivity contribution in [1.29, 1.82) is 0 Å². The predicted octanol–water partition coefficient (Wildman–Crippen LogP) is 3.12. The number of carbonyl (C=O) groups is 1. The third-order valence-corrected chi connectivity index (χ3v) is 5.87. The number of amides is 1. The number of benzene rings is 1. The maximum atomic E-state index is 12.2. The molecule has 0 aliphatic carbocycles. The van der Waals surface area contributed by atoms with Crippen LogP contribution in [0, 0.1) is 12.8 Å². The van der Waals surface area contributed by atoms with Crippen molar-refractivity contribution in [3.63, 3.8) is 0 Å². The van der Waals surface area contributed by atoms with Gasteiger partial charge < -0.3 is 15.5 Å². The van der Waals surface area contributed by atoms with Gasteiger partial charge in [-0.2, -0.15) is 0 Å². The standard InChI is InChI=1S/C19H19Cl2N5O/c1-10-15(13-4-3-5-14(20)16(13)21)17(18(22)27)24-19(23-10)26-8-11-6-25(2)7-12(11)9-26/h3-6,12H,7-9H2,1-2H3,(H2,22,27). The molecular weight excluding hydrogens is 385 g/mol. The molecule has 4 rings (SSSR count). The van der Waals surface area contributed by atoms with Crippen LogP contribution in [0.3, 0.4) is 0 Å². The van der Waals surface area contributed by atoms with Crippen molar-refractivity contribution in [2.24, 2.45) is 11.7 Å². The van der Waals surface area contributed by atoms with Crippen LogP contribution in [0.5, 0.6) is 0 Å². The van der Waals surface area contributed by atoms with Gasteiger partial charge in [0, 0.05) is 49.9 Å². The zero-order chi connectivity index (χ0) is 19.3. The number of primary amides is 1. The van der Waals surface area contributed by atoms with Gasteiger partial charge in [-0.15, -0.1) is 0 Å². The lowest BCUT2D eigenvalue weighted by molar-refractivity contribution is 0.0996. The summed E-state index contributed by atoms with van der Waals surface area (Å²) in [4.78, 5) is 25.6. The van der Waals surface area contributed by atoms with E-state index in [1.165, 1.54) is 5.57 Å². The summed E-state index contributed by atoms with van der Waals surface area (Å²) >= 11 is 12.5. The average molecular weight is 404 g/mol. The second-order valence-electron chi connectivity index (χ2n) is 7.02. The minimum Gasteiger partial charge on any atom is -0.380 e. The van der Waals surface area contributed by atoms with Gasteiger partial charge in [-0.3, -0.25) is 4.79 Å². The molecule has 0 radical (unpaired) electrons. The first-order chi connectivity index (χ1) is 12.8. The molecule has 2 aromatic rings. The van der Waals surface area contributed by atoms with E-state index in [9.17, 15) is 4.79 Å². The minimum absolute atomic E-state index is 0.157. The van der Waals surface area contributed by atoms with Crippen molar-refractivity contribution in [2.75, 3.05) is 31.6 Å². The first kappa shape index (κ1) is 18.1. The highest BCUT2D eigenvalue weighted by Gasteiger charge is 2.34. The molecule has 140 valence electrons. The van der Waals surface area contributed by atoms with E-state index in [1.807, 2.05) is 6.92 Å². The van der Waals surface area contributed by atoms with Crippen LogP contribution in [-0.4, -0.2) is 47.5 Å². The fourth-order valence-corrected chi connectivity index (χ4v) is 4.25. The smallest absolute Gasteiger partial charge is 0.268 e. The van der Waals surface area contributed by atoms with E-state index < -0.39 is 5.91 Å². The van der Waals surface area contributed by atoms with Gasteiger partial charge in [0.2, 0.25) is 5.95 Å². The maximum Gasteiger partial charge on any atom is 0.268 e. The molecular formula is C19H19Cl2N5O. The fraction of sp³-hybridized carbons (Fsp3) is 0.316. The Hall–Kier alpha value is -2.31. The number of hydrogen-bond acceptors (Lipinski definition) is 5. The van der Waals surface area contributed by atoms with Crippen molar-refractivity contribution in [3.8, 4) is 11.1 Å². The molecule has 1 fully saturated rings. The number of nitrogens with two attached hydrogens (primary N) is 1. The fourth-order valence-electron chi connectivity index (χ4n) is 3.85. The van der Waals surface area contributed by atoms with Crippen LogP contribution in [0.2, 0.25) is 10.0 Å². The van der Waals surface area contributed by atoms with Crippen molar-refractivity contribution in [2.45, 2.75) is 6.92 Å². The van der Waals surface area contributed by atoms with E-state index in [4.69, 9.17) is 28.9 Å². The monoisotopic (exact) mass is 403 g/mol. The summed E-state index contributed by atoms with van der Waals surface area (Å²) in [5.74, 6) is 0.366. The summed E-state index contributed by atoms with van der Waals surface area (Å²) in [7, 11) is 2.07. The summed E-state index contributed by atoms with van der Waals surface area (Å²) in [6.07, 6.45) is 2.17. The lowest BCUT2D eigenvalue weighted by Gasteiger charge is -2.20. The highest BCUT2D eigenvalue weighted by Crippen LogP contribution is 2.37. The lowest BCUT2D eigenvalue weighted by atomic mass is 10.0. The van der Waals surface area contributed by atoms with Crippen LogP contribution in [0.4, 0.5) is 5.95 Å². The molecule has 2 aliphatic rings. The third kappa shape index (κ3) is 3.13. The Morgan fingerprint density at radius 1 is 1.26 bits per heavy atom. The molecule has 1 aromatic heterocycles.